The average molecular weight is 273 g/mol. The van der Waals surface area contributed by atoms with E-state index in [1.807, 2.05) is 37.3 Å². The van der Waals surface area contributed by atoms with E-state index in [2.05, 4.69) is 0 Å². The number of aryl methyl sites for hydroxylation is 1. The van der Waals surface area contributed by atoms with Crippen LogP contribution < -0.4 is 0 Å². The van der Waals surface area contributed by atoms with Crippen LogP contribution in [-0.2, 0) is 4.79 Å². The van der Waals surface area contributed by atoms with Crippen LogP contribution in [0.5, 0.6) is 0 Å². The number of carboxylic acids is 1. The van der Waals surface area contributed by atoms with Gasteiger partial charge < -0.3 is 5.11 Å². The van der Waals surface area contributed by atoms with Gasteiger partial charge in [-0.25, -0.2) is 4.79 Å². The van der Waals surface area contributed by atoms with Gasteiger partial charge in [0.15, 0.2) is 0 Å². The molecule has 96 valence electrons. The summed E-state index contributed by atoms with van der Waals surface area (Å²) in [5, 5.41) is 9.94. The summed E-state index contributed by atoms with van der Waals surface area (Å²) in [6.45, 7) is 1.91. The highest BCUT2D eigenvalue weighted by atomic mass is 35.5. The highest BCUT2D eigenvalue weighted by Gasteiger charge is 2.10. The molecule has 0 heterocycles. The molecular formula is C16H13ClO2. The molecule has 2 aromatic rings. The lowest BCUT2D eigenvalue weighted by atomic mass is 10.0. The predicted octanol–water partition coefficient (Wildman–Crippen LogP) is 4.27. The standard InChI is InChI=1S/C16H13ClO2/c1-11-7-8-12(10-15(11)17)9-14(16(18)19)13-5-3-2-4-6-13/h2-10H,1H3,(H,18,19)/b14-9+. The minimum absolute atomic E-state index is 0.250. The molecule has 0 aliphatic heterocycles. The van der Waals surface area contributed by atoms with Crippen LogP contribution in [0.4, 0.5) is 0 Å². The van der Waals surface area contributed by atoms with Crippen LogP contribution in [0.2, 0.25) is 5.02 Å². The van der Waals surface area contributed by atoms with E-state index in [4.69, 9.17) is 11.6 Å². The first-order valence-electron chi connectivity index (χ1n) is 5.84. The van der Waals surface area contributed by atoms with Gasteiger partial charge in [0, 0.05) is 5.02 Å². The second-order valence-electron chi connectivity index (χ2n) is 4.24. The minimum atomic E-state index is -0.956. The summed E-state index contributed by atoms with van der Waals surface area (Å²) in [7, 11) is 0. The zero-order chi connectivity index (χ0) is 13.8. The molecule has 0 spiro atoms. The predicted molar refractivity (Wildman–Crippen MR) is 78.1 cm³/mol. The first kappa shape index (κ1) is 13.4. The maximum atomic E-state index is 11.4. The molecule has 19 heavy (non-hydrogen) atoms. The number of benzene rings is 2. The molecule has 0 aliphatic carbocycles. The maximum absolute atomic E-state index is 11.4. The Kier molecular flexibility index (Phi) is 4.03. The lowest BCUT2D eigenvalue weighted by molar-refractivity contribution is -0.130. The second kappa shape index (κ2) is 5.72. The van der Waals surface area contributed by atoms with E-state index in [1.165, 1.54) is 0 Å². The number of halogens is 1. The van der Waals surface area contributed by atoms with Crippen molar-refractivity contribution in [2.75, 3.05) is 0 Å². The summed E-state index contributed by atoms with van der Waals surface area (Å²) in [5.74, 6) is -0.956. The minimum Gasteiger partial charge on any atom is -0.478 e. The lowest BCUT2D eigenvalue weighted by Gasteiger charge is -2.04. The van der Waals surface area contributed by atoms with Crippen LogP contribution in [0.25, 0.3) is 11.6 Å². The van der Waals surface area contributed by atoms with Gasteiger partial charge in [-0.15, -0.1) is 0 Å². The van der Waals surface area contributed by atoms with E-state index in [0.717, 1.165) is 11.1 Å². The van der Waals surface area contributed by atoms with Gasteiger partial charge in [0.05, 0.1) is 5.57 Å². The largest absolute Gasteiger partial charge is 0.478 e. The molecule has 1 N–H and O–H groups in total. The molecule has 0 saturated heterocycles. The molecule has 0 bridgehead atoms. The van der Waals surface area contributed by atoms with Gasteiger partial charge >= 0.3 is 5.97 Å². The summed E-state index contributed by atoms with van der Waals surface area (Å²) < 4.78 is 0. The van der Waals surface area contributed by atoms with E-state index in [-0.39, 0.29) is 5.57 Å². The van der Waals surface area contributed by atoms with Crippen molar-refractivity contribution < 1.29 is 9.90 Å². The van der Waals surface area contributed by atoms with Crippen LogP contribution in [0.15, 0.2) is 48.5 Å². The van der Waals surface area contributed by atoms with Crippen LogP contribution in [-0.4, -0.2) is 11.1 Å². The van der Waals surface area contributed by atoms with E-state index >= 15 is 0 Å². The summed E-state index contributed by atoms with van der Waals surface area (Å²) in [5.41, 5.74) is 2.67. The molecule has 3 heteroatoms. The molecular weight excluding hydrogens is 260 g/mol. The molecule has 0 amide bonds. The summed E-state index contributed by atoms with van der Waals surface area (Å²) in [4.78, 5) is 11.4. The molecule has 2 aromatic carbocycles. The van der Waals surface area contributed by atoms with Crippen molar-refractivity contribution in [3.05, 3.63) is 70.2 Å². The molecule has 2 nitrogen and oxygen atoms in total. The van der Waals surface area contributed by atoms with Crippen molar-refractivity contribution in [3.63, 3.8) is 0 Å². The number of carboxylic acid groups (broad SMARTS) is 1. The Hall–Kier alpha value is -2.06. The Balaban J connectivity index is 2.47. The third kappa shape index (κ3) is 3.24. The molecule has 0 aromatic heterocycles. The number of hydrogen-bond acceptors (Lipinski definition) is 1. The monoisotopic (exact) mass is 272 g/mol. The molecule has 2 rings (SSSR count). The van der Waals surface area contributed by atoms with Gasteiger partial charge in [-0.2, -0.15) is 0 Å². The number of carbonyl (C=O) groups is 1. The second-order valence-corrected chi connectivity index (χ2v) is 4.65. The van der Waals surface area contributed by atoms with Gasteiger partial charge in [-0.05, 0) is 35.8 Å². The van der Waals surface area contributed by atoms with Crippen molar-refractivity contribution in [3.8, 4) is 0 Å². The van der Waals surface area contributed by atoms with Crippen LogP contribution in [0.1, 0.15) is 16.7 Å². The fourth-order valence-electron chi connectivity index (χ4n) is 1.75. The zero-order valence-corrected chi connectivity index (χ0v) is 11.2. The molecule has 0 saturated carbocycles. The molecule has 0 unspecified atom stereocenters. The molecule has 0 fully saturated rings. The van der Waals surface area contributed by atoms with Gasteiger partial charge in [-0.1, -0.05) is 54.1 Å². The maximum Gasteiger partial charge on any atom is 0.336 e. The molecule has 0 atom stereocenters. The van der Waals surface area contributed by atoms with E-state index < -0.39 is 5.97 Å². The van der Waals surface area contributed by atoms with Gasteiger partial charge in [0.2, 0.25) is 0 Å². The Labute approximate surface area is 117 Å². The number of aliphatic carboxylic acids is 1. The third-order valence-electron chi connectivity index (χ3n) is 2.82. The SMILES string of the molecule is Cc1ccc(/C=C(/C(=O)O)c2ccccc2)cc1Cl. The first-order chi connectivity index (χ1) is 9.08. The Bertz CT molecular complexity index is 630. The highest BCUT2D eigenvalue weighted by molar-refractivity contribution is 6.31. The van der Waals surface area contributed by atoms with Crippen molar-refractivity contribution in [2.45, 2.75) is 6.92 Å². The van der Waals surface area contributed by atoms with Crippen molar-refractivity contribution in [1.29, 1.82) is 0 Å². The lowest BCUT2D eigenvalue weighted by Crippen LogP contribution is -1.99. The Morgan fingerprint density at radius 1 is 1.16 bits per heavy atom. The fraction of sp³-hybridized carbons (Fsp3) is 0.0625. The van der Waals surface area contributed by atoms with E-state index in [1.54, 1.807) is 24.3 Å². The third-order valence-corrected chi connectivity index (χ3v) is 3.23. The van der Waals surface area contributed by atoms with Gasteiger partial charge in [0.1, 0.15) is 0 Å². The number of rotatable bonds is 3. The van der Waals surface area contributed by atoms with Crippen LogP contribution in [0.3, 0.4) is 0 Å². The Morgan fingerprint density at radius 3 is 2.42 bits per heavy atom. The highest BCUT2D eigenvalue weighted by Crippen LogP contribution is 2.22. The summed E-state index contributed by atoms with van der Waals surface area (Å²) in [6, 6.07) is 14.5. The topological polar surface area (TPSA) is 37.3 Å². The van der Waals surface area contributed by atoms with E-state index in [0.29, 0.717) is 10.6 Å². The van der Waals surface area contributed by atoms with Crippen molar-refractivity contribution in [2.24, 2.45) is 0 Å². The fourth-order valence-corrected chi connectivity index (χ4v) is 1.94. The first-order valence-corrected chi connectivity index (χ1v) is 6.22. The van der Waals surface area contributed by atoms with Crippen LogP contribution >= 0.6 is 11.6 Å². The number of hydrogen-bond donors (Lipinski definition) is 1. The smallest absolute Gasteiger partial charge is 0.336 e. The average Bonchev–Trinajstić information content (AvgIpc) is 2.40. The summed E-state index contributed by atoms with van der Waals surface area (Å²) in [6.07, 6.45) is 1.63. The zero-order valence-electron chi connectivity index (χ0n) is 10.4. The van der Waals surface area contributed by atoms with E-state index in [9.17, 15) is 9.90 Å². The molecule has 0 radical (unpaired) electrons. The van der Waals surface area contributed by atoms with Crippen molar-refractivity contribution in [1.82, 2.24) is 0 Å². The molecule has 0 aliphatic rings. The van der Waals surface area contributed by atoms with Crippen molar-refractivity contribution >= 4 is 29.2 Å². The van der Waals surface area contributed by atoms with Gasteiger partial charge in [-0.3, -0.25) is 0 Å². The van der Waals surface area contributed by atoms with Gasteiger partial charge in [0.25, 0.3) is 0 Å². The van der Waals surface area contributed by atoms with Crippen LogP contribution in [0, 0.1) is 6.92 Å². The Morgan fingerprint density at radius 2 is 1.84 bits per heavy atom. The summed E-state index contributed by atoms with van der Waals surface area (Å²) >= 11 is 6.05. The quantitative estimate of drug-likeness (QED) is 0.669. The normalized spacial score (nSPS) is 11.4.